The van der Waals surface area contributed by atoms with Crippen LogP contribution in [0.1, 0.15) is 32.7 Å². The van der Waals surface area contributed by atoms with E-state index in [0.717, 1.165) is 10.6 Å². The first-order valence-electron chi connectivity index (χ1n) is 10.5. The van der Waals surface area contributed by atoms with E-state index in [-0.39, 0.29) is 16.4 Å². The molecule has 1 atom stereocenters. The number of carbonyl (C=O) groups is 2. The SMILES string of the molecule is COc1cccc2cc(C(=O)C3=C(O)C(=O)N(c4nc(C)c(C)s4)C3c3ccc(Cl)c(Cl)c3)oc12. The topological polar surface area (TPSA) is 92.9 Å². The van der Waals surface area contributed by atoms with Crippen LogP contribution in [0, 0.1) is 13.8 Å². The van der Waals surface area contributed by atoms with Gasteiger partial charge >= 0.3 is 0 Å². The van der Waals surface area contributed by atoms with E-state index >= 15 is 0 Å². The zero-order valence-electron chi connectivity index (χ0n) is 18.8. The van der Waals surface area contributed by atoms with Crippen LogP contribution in [0.2, 0.25) is 10.0 Å². The van der Waals surface area contributed by atoms with Crippen LogP contribution in [-0.4, -0.2) is 28.9 Å². The number of hydrogen-bond acceptors (Lipinski definition) is 7. The minimum absolute atomic E-state index is 0.0442. The Balaban J connectivity index is 1.68. The van der Waals surface area contributed by atoms with Crippen molar-refractivity contribution >= 4 is 62.3 Å². The van der Waals surface area contributed by atoms with Gasteiger partial charge in [0, 0.05) is 10.3 Å². The second kappa shape index (κ2) is 8.71. The molecule has 7 nitrogen and oxygen atoms in total. The maximum atomic E-state index is 13.7. The average molecular weight is 529 g/mol. The minimum Gasteiger partial charge on any atom is -0.503 e. The van der Waals surface area contributed by atoms with Crippen LogP contribution >= 0.6 is 34.5 Å². The second-order valence-corrected chi connectivity index (χ2v) is 9.97. The predicted octanol–water partition coefficient (Wildman–Crippen LogP) is 6.60. The molecule has 1 aliphatic rings. The highest BCUT2D eigenvalue weighted by atomic mass is 35.5. The maximum Gasteiger partial charge on any atom is 0.296 e. The van der Waals surface area contributed by atoms with Crippen molar-refractivity contribution in [2.24, 2.45) is 0 Å². The number of anilines is 1. The zero-order chi connectivity index (χ0) is 25.0. The Morgan fingerprint density at radius 2 is 1.94 bits per heavy atom. The number of aliphatic hydroxyl groups excluding tert-OH is 1. The Morgan fingerprint density at radius 1 is 1.17 bits per heavy atom. The number of rotatable bonds is 5. The number of thiazole rings is 1. The van der Waals surface area contributed by atoms with Gasteiger partial charge in [-0.25, -0.2) is 4.98 Å². The Labute approximate surface area is 214 Å². The molecule has 1 N–H and O–H groups in total. The molecule has 0 aliphatic carbocycles. The number of methoxy groups -OCH3 is 1. The van der Waals surface area contributed by atoms with E-state index in [1.807, 2.05) is 13.8 Å². The van der Waals surface area contributed by atoms with Gasteiger partial charge in [0.1, 0.15) is 0 Å². The molecule has 2 aromatic heterocycles. The Kier molecular flexibility index (Phi) is 5.83. The number of ketones is 1. The number of ether oxygens (including phenoxy) is 1. The standard InChI is InChI=1S/C25H18Cl2N2O5S/c1-11-12(2)35-25(28-11)29-20(13-7-8-15(26)16(27)9-13)19(22(31)24(29)32)21(30)18-10-14-5-4-6-17(33-3)23(14)34-18/h4-10,20,31H,1-3H3. The summed E-state index contributed by atoms with van der Waals surface area (Å²) in [5.41, 5.74) is 1.47. The van der Waals surface area contributed by atoms with Gasteiger partial charge in [-0.3, -0.25) is 14.5 Å². The van der Waals surface area contributed by atoms with Crippen LogP contribution in [0.25, 0.3) is 11.0 Å². The van der Waals surface area contributed by atoms with Gasteiger partial charge in [-0.2, -0.15) is 0 Å². The molecular formula is C25H18Cl2N2O5S. The van der Waals surface area contributed by atoms with E-state index in [1.54, 1.807) is 42.5 Å². The molecule has 0 fully saturated rings. The highest BCUT2D eigenvalue weighted by molar-refractivity contribution is 7.15. The van der Waals surface area contributed by atoms with Gasteiger partial charge in [-0.1, -0.05) is 41.4 Å². The molecule has 1 unspecified atom stereocenters. The summed E-state index contributed by atoms with van der Waals surface area (Å²) in [6.07, 6.45) is 0. The number of amides is 1. The van der Waals surface area contributed by atoms with Gasteiger partial charge in [-0.15, -0.1) is 11.3 Å². The highest BCUT2D eigenvalue weighted by Gasteiger charge is 2.46. The first kappa shape index (κ1) is 23.4. The monoisotopic (exact) mass is 528 g/mol. The number of benzene rings is 2. The Morgan fingerprint density at radius 3 is 2.60 bits per heavy atom. The number of nitrogens with zero attached hydrogens (tertiary/aromatic N) is 2. The molecule has 4 aromatic rings. The number of para-hydroxylation sites is 1. The number of aromatic nitrogens is 1. The molecule has 5 rings (SSSR count). The normalized spacial score (nSPS) is 16.0. The van der Waals surface area contributed by atoms with E-state index in [4.69, 9.17) is 32.4 Å². The number of hydrogen-bond donors (Lipinski definition) is 1. The second-order valence-electron chi connectivity index (χ2n) is 7.97. The van der Waals surface area contributed by atoms with Gasteiger partial charge in [0.2, 0.25) is 5.78 Å². The van der Waals surface area contributed by atoms with Crippen molar-refractivity contribution in [3.63, 3.8) is 0 Å². The molecule has 10 heteroatoms. The van der Waals surface area contributed by atoms with Gasteiger partial charge in [0.25, 0.3) is 5.91 Å². The van der Waals surface area contributed by atoms with Crippen LogP contribution in [-0.2, 0) is 4.79 Å². The molecule has 0 bridgehead atoms. The van der Waals surface area contributed by atoms with Crippen molar-refractivity contribution in [3.05, 3.63) is 85.7 Å². The fourth-order valence-corrected chi connectivity index (χ4v) is 5.28. The average Bonchev–Trinajstić information content (AvgIpc) is 3.49. The van der Waals surface area contributed by atoms with E-state index in [9.17, 15) is 14.7 Å². The van der Waals surface area contributed by atoms with Crippen molar-refractivity contribution in [1.29, 1.82) is 0 Å². The summed E-state index contributed by atoms with van der Waals surface area (Å²) >= 11 is 13.7. The maximum absolute atomic E-state index is 13.7. The van der Waals surface area contributed by atoms with E-state index in [2.05, 4.69) is 4.98 Å². The summed E-state index contributed by atoms with van der Waals surface area (Å²) in [7, 11) is 1.50. The molecule has 178 valence electrons. The fraction of sp³-hybridized carbons (Fsp3) is 0.160. The number of Topliss-reactive ketones (excluding diaryl/α,β-unsaturated/α-hetero) is 1. The molecule has 0 spiro atoms. The van der Waals surface area contributed by atoms with Crippen molar-refractivity contribution in [2.45, 2.75) is 19.9 Å². The predicted molar refractivity (Wildman–Crippen MR) is 135 cm³/mol. The number of aliphatic hydroxyl groups is 1. The summed E-state index contributed by atoms with van der Waals surface area (Å²) in [5.74, 6) is -1.65. The summed E-state index contributed by atoms with van der Waals surface area (Å²) in [4.78, 5) is 33.8. The summed E-state index contributed by atoms with van der Waals surface area (Å²) in [5, 5.41) is 12.5. The number of aryl methyl sites for hydroxylation is 2. The molecular weight excluding hydrogens is 511 g/mol. The summed E-state index contributed by atoms with van der Waals surface area (Å²) in [6.45, 7) is 3.71. The van der Waals surface area contributed by atoms with E-state index in [1.165, 1.54) is 23.3 Å². The first-order chi connectivity index (χ1) is 16.7. The van der Waals surface area contributed by atoms with Crippen LogP contribution < -0.4 is 9.64 Å². The van der Waals surface area contributed by atoms with Crippen LogP contribution in [0.4, 0.5) is 5.13 Å². The van der Waals surface area contributed by atoms with Crippen molar-refractivity contribution in [3.8, 4) is 5.75 Å². The van der Waals surface area contributed by atoms with Crippen LogP contribution in [0.15, 0.2) is 58.2 Å². The number of carbonyl (C=O) groups excluding carboxylic acids is 2. The third-order valence-electron chi connectivity index (χ3n) is 5.89. The lowest BCUT2D eigenvalue weighted by Gasteiger charge is -2.24. The van der Waals surface area contributed by atoms with Crippen molar-refractivity contribution in [1.82, 2.24) is 4.98 Å². The lowest BCUT2D eigenvalue weighted by molar-refractivity contribution is -0.117. The van der Waals surface area contributed by atoms with Gasteiger partial charge < -0.3 is 14.3 Å². The quantitative estimate of drug-likeness (QED) is 0.293. The molecule has 2 aromatic carbocycles. The van der Waals surface area contributed by atoms with Crippen LogP contribution in [0.3, 0.4) is 0 Å². The van der Waals surface area contributed by atoms with E-state index in [0.29, 0.717) is 32.4 Å². The largest absolute Gasteiger partial charge is 0.503 e. The molecule has 0 saturated heterocycles. The Hall–Kier alpha value is -3.33. The molecule has 1 aliphatic heterocycles. The number of fused-ring (bicyclic) bond motifs is 1. The van der Waals surface area contributed by atoms with Crippen molar-refractivity contribution in [2.75, 3.05) is 12.0 Å². The lowest BCUT2D eigenvalue weighted by Crippen LogP contribution is -2.31. The first-order valence-corrected chi connectivity index (χ1v) is 12.1. The minimum atomic E-state index is -0.996. The van der Waals surface area contributed by atoms with Crippen LogP contribution in [0.5, 0.6) is 5.75 Å². The molecule has 0 radical (unpaired) electrons. The molecule has 1 amide bonds. The zero-order valence-corrected chi connectivity index (χ0v) is 21.1. The Bertz CT molecular complexity index is 1540. The van der Waals surface area contributed by atoms with E-state index < -0.39 is 23.5 Å². The third kappa shape index (κ3) is 3.78. The molecule has 3 heterocycles. The van der Waals surface area contributed by atoms with Gasteiger partial charge in [0.15, 0.2) is 28.0 Å². The fourth-order valence-electron chi connectivity index (χ4n) is 4.03. The molecule has 35 heavy (non-hydrogen) atoms. The number of furan rings is 1. The summed E-state index contributed by atoms with van der Waals surface area (Å²) < 4.78 is 11.2. The van der Waals surface area contributed by atoms with Gasteiger partial charge in [0.05, 0.1) is 34.5 Å². The highest BCUT2D eigenvalue weighted by Crippen LogP contribution is 2.45. The smallest absolute Gasteiger partial charge is 0.296 e. The lowest BCUT2D eigenvalue weighted by atomic mass is 9.95. The van der Waals surface area contributed by atoms with Crippen molar-refractivity contribution < 1.29 is 23.8 Å². The number of halogens is 2. The third-order valence-corrected chi connectivity index (χ3v) is 7.70. The molecule has 0 saturated carbocycles. The van der Waals surface area contributed by atoms with Gasteiger partial charge in [-0.05, 0) is 43.7 Å². The summed E-state index contributed by atoms with van der Waals surface area (Å²) in [6, 6.07) is 10.6.